The highest BCUT2D eigenvalue weighted by Crippen LogP contribution is 2.13. The topological polar surface area (TPSA) is 114 Å². The van der Waals surface area contributed by atoms with Gasteiger partial charge >= 0.3 is 0 Å². The van der Waals surface area contributed by atoms with Crippen LogP contribution >= 0.6 is 0 Å². The van der Waals surface area contributed by atoms with Crippen molar-refractivity contribution in [3.63, 3.8) is 0 Å². The molecule has 0 unspecified atom stereocenters. The summed E-state index contributed by atoms with van der Waals surface area (Å²) in [7, 11) is 0. The second kappa shape index (κ2) is 8.49. The molecule has 0 atom stereocenters. The summed E-state index contributed by atoms with van der Waals surface area (Å²) in [6.07, 6.45) is 0. The molecule has 1 fully saturated rings. The van der Waals surface area contributed by atoms with Gasteiger partial charge < -0.3 is 10.1 Å². The molecule has 118 valence electrons. The predicted octanol–water partition coefficient (Wildman–Crippen LogP) is 0.772. The Morgan fingerprint density at radius 1 is 1.17 bits per heavy atom. The van der Waals surface area contributed by atoms with Gasteiger partial charge in [0, 0.05) is 18.8 Å². The van der Waals surface area contributed by atoms with E-state index in [2.05, 4.69) is 15.8 Å². The van der Waals surface area contributed by atoms with Gasteiger partial charge in [0.1, 0.15) is 12.1 Å². The Bertz CT molecular complexity index is 634. The number of hydrazone groups is 1. The molecule has 2 rings (SSSR count). The molecule has 0 radical (unpaired) electrons. The molecule has 1 aliphatic heterocycles. The molecule has 0 aromatic heterocycles. The average molecular weight is 312 g/mol. The zero-order valence-corrected chi connectivity index (χ0v) is 12.5. The maximum Gasteiger partial charge on any atom is 0.238 e. The average Bonchev–Trinajstić information content (AvgIpc) is 2.58. The number of anilines is 2. The van der Waals surface area contributed by atoms with Gasteiger partial charge in [0.2, 0.25) is 11.6 Å². The number of carbonyl (C=O) groups excluding carboxylic acids is 1. The van der Waals surface area contributed by atoms with Crippen LogP contribution in [0.25, 0.3) is 0 Å². The van der Waals surface area contributed by atoms with Crippen molar-refractivity contribution >= 4 is 23.0 Å². The Morgan fingerprint density at radius 2 is 1.78 bits per heavy atom. The summed E-state index contributed by atoms with van der Waals surface area (Å²) in [6, 6.07) is 10.1. The van der Waals surface area contributed by atoms with E-state index < -0.39 is 0 Å². The molecule has 1 amide bonds. The van der Waals surface area contributed by atoms with E-state index >= 15 is 0 Å². The Hall–Kier alpha value is -2.94. The first-order valence-corrected chi connectivity index (χ1v) is 7.05. The standard InChI is InChI=1S/C15H16N6O2/c16-9-14(10-17)20-19-13-3-1-12(2-4-13)18-15(22)11-21-5-7-23-8-6-21/h1-4,19H,5-8,11H2,(H,18,22). The third-order valence-corrected chi connectivity index (χ3v) is 3.15. The summed E-state index contributed by atoms with van der Waals surface area (Å²) in [5.41, 5.74) is 3.62. The summed E-state index contributed by atoms with van der Waals surface area (Å²) in [4.78, 5) is 14.0. The van der Waals surface area contributed by atoms with E-state index in [0.717, 1.165) is 13.1 Å². The van der Waals surface area contributed by atoms with Crippen LogP contribution in [0.3, 0.4) is 0 Å². The van der Waals surface area contributed by atoms with Crippen molar-refractivity contribution in [2.45, 2.75) is 0 Å². The summed E-state index contributed by atoms with van der Waals surface area (Å²) in [5.74, 6) is -0.0816. The minimum atomic E-state index is -0.257. The fourth-order valence-corrected chi connectivity index (χ4v) is 1.99. The Morgan fingerprint density at radius 3 is 2.39 bits per heavy atom. The van der Waals surface area contributed by atoms with Crippen LogP contribution in [-0.4, -0.2) is 49.4 Å². The molecule has 2 N–H and O–H groups in total. The first kappa shape index (κ1) is 16.4. The molecule has 8 heteroatoms. The number of hydrogen-bond acceptors (Lipinski definition) is 7. The van der Waals surface area contributed by atoms with Crippen LogP contribution in [0.2, 0.25) is 0 Å². The summed E-state index contributed by atoms with van der Waals surface area (Å²) >= 11 is 0. The van der Waals surface area contributed by atoms with E-state index in [-0.39, 0.29) is 11.6 Å². The van der Waals surface area contributed by atoms with E-state index in [1.807, 2.05) is 4.90 Å². The summed E-state index contributed by atoms with van der Waals surface area (Å²) in [6.45, 7) is 3.16. The third-order valence-electron chi connectivity index (χ3n) is 3.15. The molecule has 1 aromatic carbocycles. The van der Waals surface area contributed by atoms with Gasteiger partial charge in [-0.05, 0) is 24.3 Å². The Kier molecular flexibility index (Phi) is 6.07. The molecular weight excluding hydrogens is 296 g/mol. The van der Waals surface area contributed by atoms with Crippen molar-refractivity contribution in [2.24, 2.45) is 5.10 Å². The van der Waals surface area contributed by atoms with Gasteiger partial charge in [-0.1, -0.05) is 0 Å². The molecule has 0 spiro atoms. The molecule has 0 bridgehead atoms. The van der Waals surface area contributed by atoms with Crippen LogP contribution in [-0.2, 0) is 9.53 Å². The van der Waals surface area contributed by atoms with Crippen molar-refractivity contribution in [3.05, 3.63) is 24.3 Å². The highest BCUT2D eigenvalue weighted by Gasteiger charge is 2.14. The smallest absolute Gasteiger partial charge is 0.238 e. The molecule has 1 aromatic rings. The van der Waals surface area contributed by atoms with E-state index in [9.17, 15) is 4.79 Å². The van der Waals surface area contributed by atoms with Crippen LogP contribution < -0.4 is 10.7 Å². The van der Waals surface area contributed by atoms with Crippen LogP contribution in [0, 0.1) is 22.7 Å². The Labute approximate surface area is 133 Å². The lowest BCUT2D eigenvalue weighted by molar-refractivity contribution is -0.118. The fraction of sp³-hybridized carbons (Fsp3) is 0.333. The summed E-state index contributed by atoms with van der Waals surface area (Å²) < 4.78 is 5.24. The number of carbonyl (C=O) groups is 1. The fourth-order valence-electron chi connectivity index (χ4n) is 1.99. The molecule has 0 saturated carbocycles. The van der Waals surface area contributed by atoms with Crippen molar-refractivity contribution < 1.29 is 9.53 Å². The SMILES string of the molecule is N#CC(C#N)=NNc1ccc(NC(=O)CN2CCOCC2)cc1. The van der Waals surface area contributed by atoms with Gasteiger partial charge in [0.25, 0.3) is 0 Å². The minimum Gasteiger partial charge on any atom is -0.379 e. The molecule has 1 aliphatic rings. The van der Waals surface area contributed by atoms with Crippen LogP contribution in [0.4, 0.5) is 11.4 Å². The third kappa shape index (κ3) is 5.40. The van der Waals surface area contributed by atoms with E-state index in [1.165, 1.54) is 0 Å². The maximum atomic E-state index is 12.0. The van der Waals surface area contributed by atoms with Crippen LogP contribution in [0.5, 0.6) is 0 Å². The first-order chi connectivity index (χ1) is 11.2. The molecule has 1 heterocycles. The predicted molar refractivity (Wildman–Crippen MR) is 84.6 cm³/mol. The molecule has 0 aliphatic carbocycles. The van der Waals surface area contributed by atoms with Gasteiger partial charge in [-0.3, -0.25) is 15.1 Å². The summed E-state index contributed by atoms with van der Waals surface area (Å²) in [5, 5.41) is 23.6. The number of amides is 1. The van der Waals surface area contributed by atoms with E-state index in [1.54, 1.807) is 36.4 Å². The largest absolute Gasteiger partial charge is 0.379 e. The normalized spacial score (nSPS) is 14.2. The zero-order chi connectivity index (χ0) is 16.5. The van der Waals surface area contributed by atoms with Crippen molar-refractivity contribution in [1.29, 1.82) is 10.5 Å². The van der Waals surface area contributed by atoms with Crippen molar-refractivity contribution in [2.75, 3.05) is 43.6 Å². The molecule has 8 nitrogen and oxygen atoms in total. The number of nitrogens with zero attached hydrogens (tertiary/aromatic N) is 4. The van der Waals surface area contributed by atoms with Crippen LogP contribution in [0.15, 0.2) is 29.4 Å². The van der Waals surface area contributed by atoms with E-state index in [4.69, 9.17) is 15.3 Å². The number of morpholine rings is 1. The Balaban J connectivity index is 1.85. The molecular formula is C15H16N6O2. The molecule has 1 saturated heterocycles. The van der Waals surface area contributed by atoms with Gasteiger partial charge in [0.15, 0.2) is 0 Å². The van der Waals surface area contributed by atoms with Crippen molar-refractivity contribution in [1.82, 2.24) is 4.90 Å². The van der Waals surface area contributed by atoms with Gasteiger partial charge in [-0.2, -0.15) is 15.6 Å². The highest BCUT2D eigenvalue weighted by molar-refractivity contribution is 6.10. The number of rotatable bonds is 5. The van der Waals surface area contributed by atoms with Crippen LogP contribution in [0.1, 0.15) is 0 Å². The lowest BCUT2D eigenvalue weighted by Gasteiger charge is -2.25. The monoisotopic (exact) mass is 312 g/mol. The number of hydrogen-bond donors (Lipinski definition) is 2. The quantitative estimate of drug-likeness (QED) is 0.613. The van der Waals surface area contributed by atoms with E-state index in [0.29, 0.717) is 31.1 Å². The minimum absolute atomic E-state index is 0.0816. The number of ether oxygens (including phenoxy) is 1. The van der Waals surface area contributed by atoms with Gasteiger partial charge in [-0.25, -0.2) is 0 Å². The second-order valence-corrected chi connectivity index (χ2v) is 4.81. The number of nitriles is 2. The maximum absolute atomic E-state index is 12.0. The second-order valence-electron chi connectivity index (χ2n) is 4.81. The van der Waals surface area contributed by atoms with Crippen molar-refractivity contribution in [3.8, 4) is 12.1 Å². The zero-order valence-electron chi connectivity index (χ0n) is 12.5. The number of benzene rings is 1. The van der Waals surface area contributed by atoms with Gasteiger partial charge in [0.05, 0.1) is 25.4 Å². The first-order valence-electron chi connectivity index (χ1n) is 7.05. The number of nitrogens with one attached hydrogen (secondary N) is 2. The van der Waals surface area contributed by atoms with Gasteiger partial charge in [-0.15, -0.1) is 0 Å². The lowest BCUT2D eigenvalue weighted by atomic mass is 10.3. The lowest BCUT2D eigenvalue weighted by Crippen LogP contribution is -2.41. The molecule has 23 heavy (non-hydrogen) atoms. The highest BCUT2D eigenvalue weighted by atomic mass is 16.5.